The number of para-hydroxylation sites is 1. The third-order valence-corrected chi connectivity index (χ3v) is 2.94. The zero-order valence-corrected chi connectivity index (χ0v) is 11.8. The summed E-state index contributed by atoms with van der Waals surface area (Å²) in [6, 6.07) is 18.4. The molecule has 0 aliphatic heterocycles. The molecule has 0 unspecified atom stereocenters. The second-order valence-electron chi connectivity index (χ2n) is 4.63. The van der Waals surface area contributed by atoms with Crippen molar-refractivity contribution in [1.82, 2.24) is 0 Å². The molecule has 21 heavy (non-hydrogen) atoms. The Labute approximate surface area is 124 Å². The molecule has 0 amide bonds. The fourth-order valence-corrected chi connectivity index (χ4v) is 1.88. The summed E-state index contributed by atoms with van der Waals surface area (Å²) in [7, 11) is 0. The first-order valence-electron chi connectivity index (χ1n) is 6.89. The summed E-state index contributed by atoms with van der Waals surface area (Å²) >= 11 is 0. The molecule has 1 atom stereocenters. The van der Waals surface area contributed by atoms with Crippen LogP contribution in [-0.2, 0) is 16.0 Å². The van der Waals surface area contributed by atoms with E-state index < -0.39 is 12.0 Å². The van der Waals surface area contributed by atoms with Crippen molar-refractivity contribution in [1.29, 1.82) is 0 Å². The first-order chi connectivity index (χ1) is 10.3. The minimum atomic E-state index is -0.649. The van der Waals surface area contributed by atoms with Gasteiger partial charge < -0.3 is 15.2 Å². The van der Waals surface area contributed by atoms with Crippen LogP contribution in [0.4, 0.5) is 0 Å². The number of carbonyl (C=O) groups is 1. The van der Waals surface area contributed by atoms with Gasteiger partial charge in [-0.1, -0.05) is 48.5 Å². The highest BCUT2D eigenvalue weighted by Gasteiger charge is 2.15. The van der Waals surface area contributed by atoms with Gasteiger partial charge in [-0.3, -0.25) is 4.79 Å². The molecule has 2 N–H and O–H groups in total. The fraction of sp³-hybridized carbons (Fsp3) is 0.235. The van der Waals surface area contributed by atoms with Gasteiger partial charge in [0, 0.05) is 0 Å². The molecule has 0 saturated carbocycles. The molecule has 0 aliphatic rings. The van der Waals surface area contributed by atoms with Crippen LogP contribution in [0.25, 0.3) is 0 Å². The van der Waals surface area contributed by atoms with Crippen molar-refractivity contribution >= 4 is 5.97 Å². The maximum atomic E-state index is 11.8. The zero-order valence-electron chi connectivity index (χ0n) is 11.8. The summed E-state index contributed by atoms with van der Waals surface area (Å²) in [5.74, 6) is 0.345. The number of hydrogen-bond donors (Lipinski definition) is 1. The molecule has 0 radical (unpaired) electrons. The summed E-state index contributed by atoms with van der Waals surface area (Å²) < 4.78 is 10.5. The van der Waals surface area contributed by atoms with Crippen LogP contribution < -0.4 is 10.5 Å². The lowest BCUT2D eigenvalue weighted by Gasteiger charge is -2.12. The highest BCUT2D eigenvalue weighted by Crippen LogP contribution is 2.08. The van der Waals surface area contributed by atoms with Crippen molar-refractivity contribution in [3.05, 3.63) is 66.2 Å². The van der Waals surface area contributed by atoms with E-state index in [1.807, 2.05) is 60.7 Å². The Bertz CT molecular complexity index is 542. The highest BCUT2D eigenvalue weighted by atomic mass is 16.6. The van der Waals surface area contributed by atoms with Gasteiger partial charge in [0.1, 0.15) is 25.0 Å². The maximum absolute atomic E-state index is 11.8. The highest BCUT2D eigenvalue weighted by molar-refractivity contribution is 5.75. The molecular formula is C17H19NO3. The third-order valence-electron chi connectivity index (χ3n) is 2.94. The molecule has 4 heteroatoms. The molecule has 2 aromatic rings. The summed E-state index contributed by atoms with van der Waals surface area (Å²) in [6.45, 7) is 0.504. The molecule has 0 aromatic heterocycles. The fourth-order valence-electron chi connectivity index (χ4n) is 1.88. The maximum Gasteiger partial charge on any atom is 0.323 e. The van der Waals surface area contributed by atoms with E-state index in [1.54, 1.807) is 0 Å². The Morgan fingerprint density at radius 1 is 0.952 bits per heavy atom. The van der Waals surface area contributed by atoms with Crippen LogP contribution in [0.1, 0.15) is 5.56 Å². The Morgan fingerprint density at radius 2 is 1.57 bits per heavy atom. The van der Waals surface area contributed by atoms with Gasteiger partial charge in [0.05, 0.1) is 0 Å². The molecule has 0 saturated heterocycles. The van der Waals surface area contributed by atoms with Crippen molar-refractivity contribution in [3.8, 4) is 5.75 Å². The van der Waals surface area contributed by atoms with E-state index in [0.29, 0.717) is 13.0 Å². The van der Waals surface area contributed by atoms with E-state index in [2.05, 4.69) is 0 Å². The van der Waals surface area contributed by atoms with E-state index >= 15 is 0 Å². The van der Waals surface area contributed by atoms with Crippen molar-refractivity contribution < 1.29 is 14.3 Å². The molecule has 0 heterocycles. The topological polar surface area (TPSA) is 61.6 Å². The lowest BCUT2D eigenvalue weighted by molar-refractivity contribution is -0.145. The van der Waals surface area contributed by atoms with Crippen LogP contribution >= 0.6 is 0 Å². The van der Waals surface area contributed by atoms with Gasteiger partial charge >= 0.3 is 5.97 Å². The molecule has 0 fully saturated rings. The van der Waals surface area contributed by atoms with Crippen LogP contribution in [0.15, 0.2) is 60.7 Å². The smallest absolute Gasteiger partial charge is 0.323 e. The molecular weight excluding hydrogens is 266 g/mol. The SMILES string of the molecule is N[C@H](Cc1ccccc1)C(=O)OCCOc1ccccc1. The monoisotopic (exact) mass is 285 g/mol. The standard InChI is InChI=1S/C17H19NO3/c18-16(13-14-7-3-1-4-8-14)17(19)21-12-11-20-15-9-5-2-6-10-15/h1-10,16H,11-13,18H2/t16-/m1/s1. The van der Waals surface area contributed by atoms with Crippen molar-refractivity contribution in [2.45, 2.75) is 12.5 Å². The number of esters is 1. The number of benzene rings is 2. The third kappa shape index (κ3) is 5.28. The van der Waals surface area contributed by atoms with Gasteiger partial charge in [-0.25, -0.2) is 0 Å². The molecule has 0 spiro atoms. The summed E-state index contributed by atoms with van der Waals surface area (Å²) in [4.78, 5) is 11.8. The van der Waals surface area contributed by atoms with Crippen LogP contribution in [0.3, 0.4) is 0 Å². The molecule has 110 valence electrons. The zero-order chi connectivity index (χ0) is 14.9. The average molecular weight is 285 g/mol. The van der Waals surface area contributed by atoms with E-state index in [0.717, 1.165) is 11.3 Å². The van der Waals surface area contributed by atoms with Gasteiger partial charge in [-0.15, -0.1) is 0 Å². The van der Waals surface area contributed by atoms with Crippen LogP contribution in [0.2, 0.25) is 0 Å². The second kappa shape index (κ2) is 8.07. The van der Waals surface area contributed by atoms with Crippen LogP contribution in [0.5, 0.6) is 5.75 Å². The Morgan fingerprint density at radius 3 is 2.24 bits per heavy atom. The number of ether oxygens (including phenoxy) is 2. The molecule has 2 aromatic carbocycles. The molecule has 2 rings (SSSR count). The molecule has 0 bridgehead atoms. The number of nitrogens with two attached hydrogens (primary N) is 1. The van der Waals surface area contributed by atoms with Gasteiger partial charge in [-0.05, 0) is 24.1 Å². The largest absolute Gasteiger partial charge is 0.490 e. The van der Waals surface area contributed by atoms with E-state index in [9.17, 15) is 4.79 Å². The Kier molecular flexibility index (Phi) is 5.79. The van der Waals surface area contributed by atoms with E-state index in [1.165, 1.54) is 0 Å². The first-order valence-corrected chi connectivity index (χ1v) is 6.89. The molecule has 0 aliphatic carbocycles. The summed E-state index contributed by atoms with van der Waals surface area (Å²) in [5.41, 5.74) is 6.84. The molecule has 4 nitrogen and oxygen atoms in total. The van der Waals surface area contributed by atoms with Gasteiger partial charge in [0.25, 0.3) is 0 Å². The van der Waals surface area contributed by atoms with Gasteiger partial charge in [0.2, 0.25) is 0 Å². The summed E-state index contributed by atoms with van der Waals surface area (Å²) in [5, 5.41) is 0. The Balaban J connectivity index is 1.67. The second-order valence-corrected chi connectivity index (χ2v) is 4.63. The minimum absolute atomic E-state index is 0.191. The quantitative estimate of drug-likeness (QED) is 0.625. The normalized spacial score (nSPS) is 11.7. The van der Waals surface area contributed by atoms with Gasteiger partial charge in [-0.2, -0.15) is 0 Å². The van der Waals surface area contributed by atoms with Crippen molar-refractivity contribution in [2.75, 3.05) is 13.2 Å². The predicted octanol–water partition coefficient (Wildman–Crippen LogP) is 2.18. The lowest BCUT2D eigenvalue weighted by atomic mass is 10.1. The van der Waals surface area contributed by atoms with Gasteiger partial charge in [0.15, 0.2) is 0 Å². The summed E-state index contributed by atoms with van der Waals surface area (Å²) in [6.07, 6.45) is 0.471. The van der Waals surface area contributed by atoms with E-state index in [-0.39, 0.29) is 6.61 Å². The minimum Gasteiger partial charge on any atom is -0.490 e. The van der Waals surface area contributed by atoms with Crippen LogP contribution in [0, 0.1) is 0 Å². The number of carbonyl (C=O) groups excluding carboxylic acids is 1. The lowest BCUT2D eigenvalue weighted by Crippen LogP contribution is -2.35. The number of rotatable bonds is 7. The average Bonchev–Trinajstić information content (AvgIpc) is 2.53. The first kappa shape index (κ1) is 15.1. The van der Waals surface area contributed by atoms with E-state index in [4.69, 9.17) is 15.2 Å². The number of hydrogen-bond acceptors (Lipinski definition) is 4. The van der Waals surface area contributed by atoms with Crippen molar-refractivity contribution in [2.24, 2.45) is 5.73 Å². The van der Waals surface area contributed by atoms with Crippen molar-refractivity contribution in [3.63, 3.8) is 0 Å². The van der Waals surface area contributed by atoms with Crippen LogP contribution in [-0.4, -0.2) is 25.2 Å². The Hall–Kier alpha value is -2.33. The predicted molar refractivity (Wildman–Crippen MR) is 81.0 cm³/mol.